The highest BCUT2D eigenvalue weighted by atomic mass is 16.5. The molecule has 0 spiro atoms. The van der Waals surface area contributed by atoms with Gasteiger partial charge in [-0.1, -0.05) is 12.1 Å². The number of nitrogens with zero attached hydrogens (tertiary/aromatic N) is 2. The lowest BCUT2D eigenvalue weighted by Crippen LogP contribution is -2.52. The summed E-state index contributed by atoms with van der Waals surface area (Å²) in [5.41, 5.74) is 1.88. The number of rotatable bonds is 6. The van der Waals surface area contributed by atoms with Gasteiger partial charge in [-0.05, 0) is 38.0 Å². The normalized spacial score (nSPS) is 20.8. The molecule has 0 aromatic heterocycles. The maximum absolute atomic E-state index is 12.4. The van der Waals surface area contributed by atoms with Crippen LogP contribution in [0, 0.1) is 0 Å². The summed E-state index contributed by atoms with van der Waals surface area (Å²) in [5, 5.41) is 3.12. The first kappa shape index (κ1) is 18.9. The molecule has 6 heteroatoms. The van der Waals surface area contributed by atoms with Crippen molar-refractivity contribution in [3.63, 3.8) is 0 Å². The molecule has 2 aliphatic rings. The van der Waals surface area contributed by atoms with Gasteiger partial charge in [-0.15, -0.1) is 0 Å². The van der Waals surface area contributed by atoms with Crippen molar-refractivity contribution in [2.24, 2.45) is 0 Å². The molecule has 0 radical (unpaired) electrons. The van der Waals surface area contributed by atoms with Crippen molar-refractivity contribution in [2.75, 3.05) is 37.7 Å². The topological polar surface area (TPSA) is 61.9 Å². The number of morpholine rings is 1. The third kappa shape index (κ3) is 4.62. The highest BCUT2D eigenvalue weighted by Gasteiger charge is 2.24. The Hall–Kier alpha value is -1.92. The monoisotopic (exact) mass is 359 g/mol. The van der Waals surface area contributed by atoms with Gasteiger partial charge in [0.2, 0.25) is 11.8 Å². The Balaban J connectivity index is 1.50. The molecule has 2 aliphatic heterocycles. The summed E-state index contributed by atoms with van der Waals surface area (Å²) in [7, 11) is 0. The number of carbonyl (C=O) groups excluding carboxylic acids is 2. The van der Waals surface area contributed by atoms with Crippen LogP contribution in [0.3, 0.4) is 0 Å². The van der Waals surface area contributed by atoms with Gasteiger partial charge in [0.25, 0.3) is 0 Å². The molecule has 1 aromatic rings. The van der Waals surface area contributed by atoms with Crippen LogP contribution in [0.1, 0.15) is 32.3 Å². The Kier molecular flexibility index (Phi) is 6.27. The molecule has 0 saturated carbocycles. The molecule has 1 aromatic carbocycles. The van der Waals surface area contributed by atoms with Crippen molar-refractivity contribution >= 4 is 17.5 Å². The molecule has 0 aliphatic carbocycles. The predicted octanol–water partition coefficient (Wildman–Crippen LogP) is 1.58. The molecular weight excluding hydrogens is 330 g/mol. The van der Waals surface area contributed by atoms with Crippen LogP contribution >= 0.6 is 0 Å². The second-order valence-corrected chi connectivity index (χ2v) is 7.24. The summed E-state index contributed by atoms with van der Waals surface area (Å²) in [4.78, 5) is 28.4. The van der Waals surface area contributed by atoms with Crippen LogP contribution in [0.4, 0.5) is 5.69 Å². The molecule has 2 saturated heterocycles. The summed E-state index contributed by atoms with van der Waals surface area (Å²) in [6, 6.07) is 8.12. The minimum absolute atomic E-state index is 0.0302. The zero-order chi connectivity index (χ0) is 18.5. The molecule has 2 atom stereocenters. The van der Waals surface area contributed by atoms with Gasteiger partial charge in [-0.2, -0.15) is 0 Å². The van der Waals surface area contributed by atoms with E-state index in [1.54, 1.807) is 0 Å². The molecule has 2 heterocycles. The highest BCUT2D eigenvalue weighted by molar-refractivity contribution is 5.95. The molecule has 2 unspecified atom stereocenters. The van der Waals surface area contributed by atoms with E-state index in [0.29, 0.717) is 12.8 Å². The Labute approximate surface area is 155 Å². The standard InChI is InChI=1S/C20H29N3O3/c1-15(16(2)22-10-12-26-13-11-22)21-19(24)14-17-5-7-18(8-6-17)23-9-3-4-20(23)25/h5-8,15-16H,3-4,9-14H2,1-2H3,(H,21,24). The van der Waals surface area contributed by atoms with Crippen LogP contribution in [-0.2, 0) is 20.7 Å². The lowest BCUT2D eigenvalue weighted by molar-refractivity contribution is -0.121. The quantitative estimate of drug-likeness (QED) is 0.838. The fourth-order valence-corrected chi connectivity index (χ4v) is 3.63. The summed E-state index contributed by atoms with van der Waals surface area (Å²) in [6.07, 6.45) is 1.90. The van der Waals surface area contributed by atoms with Gasteiger partial charge in [0.15, 0.2) is 0 Å². The number of nitrogens with one attached hydrogen (secondary N) is 1. The molecule has 6 nitrogen and oxygen atoms in total. The van der Waals surface area contributed by atoms with Crippen LogP contribution < -0.4 is 10.2 Å². The second kappa shape index (κ2) is 8.64. The number of amides is 2. The number of hydrogen-bond donors (Lipinski definition) is 1. The van der Waals surface area contributed by atoms with Gasteiger partial charge in [-0.25, -0.2) is 0 Å². The summed E-state index contributed by atoms with van der Waals surface area (Å²) >= 11 is 0. The molecule has 1 N–H and O–H groups in total. The van der Waals surface area contributed by atoms with E-state index in [4.69, 9.17) is 4.74 Å². The Bertz CT molecular complexity index is 626. The first-order valence-corrected chi connectivity index (χ1v) is 9.55. The van der Waals surface area contributed by atoms with Crippen molar-refractivity contribution in [3.05, 3.63) is 29.8 Å². The van der Waals surface area contributed by atoms with E-state index >= 15 is 0 Å². The third-order valence-electron chi connectivity index (χ3n) is 5.42. The van der Waals surface area contributed by atoms with E-state index in [-0.39, 0.29) is 23.9 Å². The van der Waals surface area contributed by atoms with Crippen LogP contribution in [-0.4, -0.2) is 61.6 Å². The zero-order valence-corrected chi connectivity index (χ0v) is 15.7. The first-order valence-electron chi connectivity index (χ1n) is 9.55. The van der Waals surface area contributed by atoms with E-state index in [9.17, 15) is 9.59 Å². The van der Waals surface area contributed by atoms with E-state index in [0.717, 1.165) is 50.5 Å². The van der Waals surface area contributed by atoms with Crippen LogP contribution in [0.15, 0.2) is 24.3 Å². The number of carbonyl (C=O) groups is 2. The summed E-state index contributed by atoms with van der Waals surface area (Å²) in [5.74, 6) is 0.212. The smallest absolute Gasteiger partial charge is 0.227 e. The average molecular weight is 359 g/mol. The van der Waals surface area contributed by atoms with Crippen LogP contribution in [0.5, 0.6) is 0 Å². The van der Waals surface area contributed by atoms with Crippen molar-refractivity contribution in [3.8, 4) is 0 Å². The average Bonchev–Trinajstić information content (AvgIpc) is 3.08. The van der Waals surface area contributed by atoms with Crippen LogP contribution in [0.2, 0.25) is 0 Å². The van der Waals surface area contributed by atoms with Gasteiger partial charge in [-0.3, -0.25) is 14.5 Å². The van der Waals surface area contributed by atoms with Gasteiger partial charge < -0.3 is 15.0 Å². The second-order valence-electron chi connectivity index (χ2n) is 7.24. The van der Waals surface area contributed by atoms with Crippen molar-refractivity contribution in [2.45, 2.75) is 45.2 Å². The molecule has 0 bridgehead atoms. The molecule has 2 fully saturated rings. The maximum atomic E-state index is 12.4. The Morgan fingerprint density at radius 2 is 1.85 bits per heavy atom. The molecule has 2 amide bonds. The predicted molar refractivity (Wildman–Crippen MR) is 101 cm³/mol. The highest BCUT2D eigenvalue weighted by Crippen LogP contribution is 2.21. The third-order valence-corrected chi connectivity index (χ3v) is 5.42. The van der Waals surface area contributed by atoms with E-state index in [2.05, 4.69) is 24.1 Å². The molecule has 3 rings (SSSR count). The lowest BCUT2D eigenvalue weighted by Gasteiger charge is -2.35. The number of anilines is 1. The van der Waals surface area contributed by atoms with E-state index in [1.165, 1.54) is 0 Å². The fraction of sp³-hybridized carbons (Fsp3) is 0.600. The van der Waals surface area contributed by atoms with Crippen molar-refractivity contribution in [1.82, 2.24) is 10.2 Å². The zero-order valence-electron chi connectivity index (χ0n) is 15.7. The van der Waals surface area contributed by atoms with Gasteiger partial charge in [0, 0.05) is 43.8 Å². The maximum Gasteiger partial charge on any atom is 0.227 e. The summed E-state index contributed by atoms with van der Waals surface area (Å²) in [6.45, 7) is 8.34. The molecule has 26 heavy (non-hydrogen) atoms. The van der Waals surface area contributed by atoms with Crippen molar-refractivity contribution in [1.29, 1.82) is 0 Å². The van der Waals surface area contributed by atoms with Gasteiger partial charge in [0.05, 0.1) is 19.6 Å². The number of ether oxygens (including phenoxy) is 1. The summed E-state index contributed by atoms with van der Waals surface area (Å²) < 4.78 is 5.39. The molecule has 142 valence electrons. The lowest BCUT2D eigenvalue weighted by atomic mass is 10.1. The number of benzene rings is 1. The largest absolute Gasteiger partial charge is 0.379 e. The van der Waals surface area contributed by atoms with Gasteiger partial charge in [0.1, 0.15) is 0 Å². The number of hydrogen-bond acceptors (Lipinski definition) is 4. The van der Waals surface area contributed by atoms with Crippen LogP contribution in [0.25, 0.3) is 0 Å². The van der Waals surface area contributed by atoms with Gasteiger partial charge >= 0.3 is 0 Å². The van der Waals surface area contributed by atoms with Crippen molar-refractivity contribution < 1.29 is 14.3 Å². The van der Waals surface area contributed by atoms with E-state index in [1.807, 2.05) is 29.2 Å². The van der Waals surface area contributed by atoms with E-state index < -0.39 is 0 Å². The minimum atomic E-state index is 0.0302. The molecular formula is C20H29N3O3. The SMILES string of the molecule is CC(NC(=O)Cc1ccc(N2CCCC2=O)cc1)C(C)N1CCOCC1. The Morgan fingerprint density at radius 3 is 2.46 bits per heavy atom. The first-order chi connectivity index (χ1) is 12.5. The fourth-order valence-electron chi connectivity index (χ4n) is 3.63. The Morgan fingerprint density at radius 1 is 1.15 bits per heavy atom. The minimum Gasteiger partial charge on any atom is -0.379 e.